The number of amides is 1. The molecule has 0 spiro atoms. The number of carbonyl (C=O) groups excluding carboxylic acids is 1. The summed E-state index contributed by atoms with van der Waals surface area (Å²) < 4.78 is 28.3. The fourth-order valence-electron chi connectivity index (χ4n) is 3.54. The van der Waals surface area contributed by atoms with Crippen molar-refractivity contribution in [3.63, 3.8) is 0 Å². The minimum Gasteiger partial charge on any atom is -0.350 e. The van der Waals surface area contributed by atoms with Gasteiger partial charge in [-0.25, -0.2) is 8.42 Å². The third-order valence-corrected chi connectivity index (χ3v) is 7.84. The minimum atomic E-state index is -3.56. The third-order valence-electron chi connectivity index (χ3n) is 5.46. The number of benzene rings is 2. The number of H-pyrrole nitrogens is 1. The van der Waals surface area contributed by atoms with Gasteiger partial charge in [0.05, 0.1) is 4.90 Å². The SMILES string of the molecule is Cc1ccc(S(=O)(=O)N2CCN(C(=O)c3cc4ccc(Br)cc4[nH]3)CC2)cc1C. The Kier molecular flexibility index (Phi) is 5.27. The van der Waals surface area contributed by atoms with Crippen LogP contribution in [0.4, 0.5) is 0 Å². The van der Waals surface area contributed by atoms with Crippen molar-refractivity contribution in [3.8, 4) is 0 Å². The van der Waals surface area contributed by atoms with Crippen LogP contribution in [0.15, 0.2) is 51.8 Å². The standard InChI is InChI=1S/C21H22BrN3O3S/c1-14-3-6-18(11-15(14)2)29(27,28)25-9-7-24(8-10-25)21(26)20-12-16-4-5-17(22)13-19(16)23-20/h3-6,11-13,23H,7-10H2,1-2H3. The van der Waals surface area contributed by atoms with Crippen molar-refractivity contribution in [1.29, 1.82) is 0 Å². The second-order valence-electron chi connectivity index (χ2n) is 7.36. The number of carbonyl (C=O) groups is 1. The molecule has 0 unspecified atom stereocenters. The first-order chi connectivity index (χ1) is 13.8. The van der Waals surface area contributed by atoms with Gasteiger partial charge in [-0.2, -0.15) is 4.31 Å². The number of aryl methyl sites for hydroxylation is 2. The molecule has 2 heterocycles. The fourth-order valence-corrected chi connectivity index (χ4v) is 5.41. The first kappa shape index (κ1) is 20.1. The number of halogens is 1. The molecule has 29 heavy (non-hydrogen) atoms. The molecule has 0 saturated carbocycles. The Bertz CT molecular complexity index is 1200. The molecule has 0 atom stereocenters. The van der Waals surface area contributed by atoms with Crippen LogP contribution < -0.4 is 0 Å². The Morgan fingerprint density at radius 1 is 0.966 bits per heavy atom. The summed E-state index contributed by atoms with van der Waals surface area (Å²) in [5.74, 6) is -0.111. The van der Waals surface area contributed by atoms with Crippen LogP contribution in [0.25, 0.3) is 10.9 Å². The summed E-state index contributed by atoms with van der Waals surface area (Å²) in [7, 11) is -3.56. The zero-order valence-electron chi connectivity index (χ0n) is 16.3. The lowest BCUT2D eigenvalue weighted by Crippen LogP contribution is -2.50. The molecule has 6 nitrogen and oxygen atoms in total. The molecule has 1 amide bonds. The van der Waals surface area contributed by atoms with Gasteiger partial charge < -0.3 is 9.88 Å². The van der Waals surface area contributed by atoms with Gasteiger partial charge in [0.2, 0.25) is 10.0 Å². The van der Waals surface area contributed by atoms with Crippen LogP contribution in [0.5, 0.6) is 0 Å². The summed E-state index contributed by atoms with van der Waals surface area (Å²) in [5.41, 5.74) is 3.41. The summed E-state index contributed by atoms with van der Waals surface area (Å²) in [4.78, 5) is 18.0. The second-order valence-corrected chi connectivity index (χ2v) is 10.2. The number of aromatic amines is 1. The molecule has 152 valence electrons. The summed E-state index contributed by atoms with van der Waals surface area (Å²) in [6.45, 7) is 5.16. The number of piperazine rings is 1. The molecule has 0 bridgehead atoms. The van der Waals surface area contributed by atoms with E-state index in [1.807, 2.05) is 44.2 Å². The average molecular weight is 476 g/mol. The number of rotatable bonds is 3. The Labute approximate surface area is 178 Å². The molecule has 1 fully saturated rings. The third kappa shape index (κ3) is 3.84. The normalized spacial score (nSPS) is 15.8. The lowest BCUT2D eigenvalue weighted by molar-refractivity contribution is 0.0693. The van der Waals surface area contributed by atoms with Crippen LogP contribution in [0.1, 0.15) is 21.6 Å². The second kappa shape index (κ2) is 7.59. The van der Waals surface area contributed by atoms with Gasteiger partial charge in [-0.15, -0.1) is 0 Å². The molecule has 1 aliphatic heterocycles. The van der Waals surface area contributed by atoms with E-state index in [9.17, 15) is 13.2 Å². The molecule has 8 heteroatoms. The Balaban J connectivity index is 1.48. The van der Waals surface area contributed by atoms with Gasteiger partial charge in [0.1, 0.15) is 5.69 Å². The maximum Gasteiger partial charge on any atom is 0.270 e. The molecule has 0 radical (unpaired) electrons. The maximum atomic E-state index is 13.0. The van der Waals surface area contributed by atoms with E-state index >= 15 is 0 Å². The highest BCUT2D eigenvalue weighted by molar-refractivity contribution is 9.10. The van der Waals surface area contributed by atoms with Gasteiger partial charge in [0, 0.05) is 41.6 Å². The Hall–Kier alpha value is -2.16. The van der Waals surface area contributed by atoms with Crippen molar-refractivity contribution in [3.05, 3.63) is 63.8 Å². The van der Waals surface area contributed by atoms with E-state index in [2.05, 4.69) is 20.9 Å². The molecule has 1 aromatic heterocycles. The summed E-state index contributed by atoms with van der Waals surface area (Å²) >= 11 is 3.43. The van der Waals surface area contributed by atoms with Gasteiger partial charge in [0.15, 0.2) is 0 Å². The summed E-state index contributed by atoms with van der Waals surface area (Å²) in [6.07, 6.45) is 0. The van der Waals surface area contributed by atoms with Gasteiger partial charge in [-0.3, -0.25) is 4.79 Å². The van der Waals surface area contributed by atoms with Crippen LogP contribution in [0.3, 0.4) is 0 Å². The van der Waals surface area contributed by atoms with Gasteiger partial charge in [-0.1, -0.05) is 28.1 Å². The van der Waals surface area contributed by atoms with E-state index < -0.39 is 10.0 Å². The highest BCUT2D eigenvalue weighted by Crippen LogP contribution is 2.23. The number of hydrogen-bond acceptors (Lipinski definition) is 3. The van der Waals surface area contributed by atoms with Gasteiger partial charge >= 0.3 is 0 Å². The highest BCUT2D eigenvalue weighted by Gasteiger charge is 2.31. The van der Waals surface area contributed by atoms with Crippen molar-refractivity contribution in [2.24, 2.45) is 0 Å². The van der Waals surface area contributed by atoms with Gasteiger partial charge in [-0.05, 0) is 55.3 Å². The van der Waals surface area contributed by atoms with E-state index in [1.54, 1.807) is 17.0 Å². The molecule has 4 rings (SSSR count). The van der Waals surface area contributed by atoms with Gasteiger partial charge in [0.25, 0.3) is 5.91 Å². The summed E-state index contributed by atoms with van der Waals surface area (Å²) in [5, 5.41) is 0.965. The zero-order valence-corrected chi connectivity index (χ0v) is 18.7. The number of hydrogen-bond donors (Lipinski definition) is 1. The zero-order chi connectivity index (χ0) is 20.8. The maximum absolute atomic E-state index is 13.0. The van der Waals surface area contributed by atoms with Crippen molar-refractivity contribution >= 4 is 42.8 Å². The van der Waals surface area contributed by atoms with Crippen LogP contribution in [0.2, 0.25) is 0 Å². The number of fused-ring (bicyclic) bond motifs is 1. The van der Waals surface area contributed by atoms with E-state index in [0.29, 0.717) is 23.7 Å². The minimum absolute atomic E-state index is 0.111. The van der Waals surface area contributed by atoms with Crippen molar-refractivity contribution < 1.29 is 13.2 Å². The van der Waals surface area contributed by atoms with Crippen molar-refractivity contribution in [2.75, 3.05) is 26.2 Å². The first-order valence-electron chi connectivity index (χ1n) is 9.41. The van der Waals surface area contributed by atoms with Crippen molar-refractivity contribution in [2.45, 2.75) is 18.7 Å². The largest absolute Gasteiger partial charge is 0.350 e. The molecule has 0 aliphatic carbocycles. The predicted molar refractivity (Wildman–Crippen MR) is 117 cm³/mol. The average Bonchev–Trinajstić information content (AvgIpc) is 3.12. The fraction of sp³-hybridized carbons (Fsp3) is 0.286. The molecule has 2 aromatic carbocycles. The molecular formula is C21H22BrN3O3S. The molecule has 3 aromatic rings. The number of nitrogens with zero attached hydrogens (tertiary/aromatic N) is 2. The highest BCUT2D eigenvalue weighted by atomic mass is 79.9. The molecular weight excluding hydrogens is 454 g/mol. The van der Waals surface area contributed by atoms with Crippen LogP contribution in [-0.2, 0) is 10.0 Å². The van der Waals surface area contributed by atoms with Crippen LogP contribution >= 0.6 is 15.9 Å². The van der Waals surface area contributed by atoms with E-state index in [4.69, 9.17) is 0 Å². The summed E-state index contributed by atoms with van der Waals surface area (Å²) in [6, 6.07) is 12.8. The Morgan fingerprint density at radius 3 is 2.38 bits per heavy atom. The topological polar surface area (TPSA) is 73.5 Å². The lowest BCUT2D eigenvalue weighted by Gasteiger charge is -2.33. The monoisotopic (exact) mass is 475 g/mol. The quantitative estimate of drug-likeness (QED) is 0.627. The van der Waals surface area contributed by atoms with Crippen LogP contribution in [-0.4, -0.2) is 54.7 Å². The predicted octanol–water partition coefficient (Wildman–Crippen LogP) is 3.69. The van der Waals surface area contributed by atoms with E-state index in [0.717, 1.165) is 26.5 Å². The first-order valence-corrected chi connectivity index (χ1v) is 11.6. The van der Waals surface area contributed by atoms with Crippen LogP contribution in [0, 0.1) is 13.8 Å². The van der Waals surface area contributed by atoms with E-state index in [1.165, 1.54) is 4.31 Å². The smallest absolute Gasteiger partial charge is 0.270 e. The van der Waals surface area contributed by atoms with Crippen molar-refractivity contribution in [1.82, 2.24) is 14.2 Å². The molecule has 1 aliphatic rings. The van der Waals surface area contributed by atoms with E-state index in [-0.39, 0.29) is 19.0 Å². The molecule has 1 N–H and O–H groups in total. The molecule has 1 saturated heterocycles. The lowest BCUT2D eigenvalue weighted by atomic mass is 10.1. The number of sulfonamides is 1. The Morgan fingerprint density at radius 2 is 1.69 bits per heavy atom. The number of nitrogens with one attached hydrogen (secondary N) is 1. The number of aromatic nitrogens is 1.